The molecule has 4 aromatic rings. The Morgan fingerprint density at radius 2 is 1.94 bits per heavy atom. The first-order chi connectivity index (χ1) is 16.7. The van der Waals surface area contributed by atoms with Gasteiger partial charge in [0.2, 0.25) is 0 Å². The molecule has 0 bridgehead atoms. The molecule has 0 saturated heterocycles. The van der Waals surface area contributed by atoms with Crippen LogP contribution in [-0.4, -0.2) is 40.9 Å². The molecule has 0 spiro atoms. The van der Waals surface area contributed by atoms with Crippen LogP contribution in [0.25, 0.3) is 28.1 Å². The predicted molar refractivity (Wildman–Crippen MR) is 125 cm³/mol. The number of halogens is 3. The standard InChI is InChI=1S/C24H21F3N6OS/c1-15-10-21-22(30-12-15)19(11-28)23(33(21)17-7-8-31-32-13-17)20-6-5-18(14-29-20)35(34)9-3-4-16(2)24(25,26)27/h5-8,10,12-14,16H,3-4,9H2,1-2H3/t16-,35?/m1/s1. The molecule has 0 aliphatic heterocycles. The molecule has 7 nitrogen and oxygen atoms in total. The van der Waals surface area contributed by atoms with Crippen LogP contribution in [0.2, 0.25) is 0 Å². The van der Waals surface area contributed by atoms with Crippen LogP contribution in [0.5, 0.6) is 0 Å². The van der Waals surface area contributed by atoms with Crippen LogP contribution in [0, 0.1) is 24.2 Å². The summed E-state index contributed by atoms with van der Waals surface area (Å²) in [5.74, 6) is -1.33. The summed E-state index contributed by atoms with van der Waals surface area (Å²) in [6.45, 7) is 3.03. The third-order valence-corrected chi connectivity index (χ3v) is 7.08. The maximum atomic E-state index is 12.7. The number of pyridine rings is 2. The van der Waals surface area contributed by atoms with E-state index in [0.29, 0.717) is 38.6 Å². The minimum Gasteiger partial charge on any atom is -0.303 e. The van der Waals surface area contributed by atoms with E-state index in [1.54, 1.807) is 36.8 Å². The van der Waals surface area contributed by atoms with Crippen molar-refractivity contribution in [3.05, 3.63) is 60.2 Å². The molecule has 2 atom stereocenters. The van der Waals surface area contributed by atoms with Crippen LogP contribution in [-0.2, 0) is 10.8 Å². The monoisotopic (exact) mass is 498 g/mol. The van der Waals surface area contributed by atoms with Crippen LogP contribution in [0.1, 0.15) is 30.9 Å². The van der Waals surface area contributed by atoms with E-state index in [9.17, 15) is 22.6 Å². The predicted octanol–water partition coefficient (Wildman–Crippen LogP) is 5.14. The first-order valence-corrected chi connectivity index (χ1v) is 12.1. The molecule has 0 N–H and O–H groups in total. The lowest BCUT2D eigenvalue weighted by molar-refractivity contribution is -0.171. The number of hydrogen-bond acceptors (Lipinski definition) is 6. The van der Waals surface area contributed by atoms with Crippen molar-refractivity contribution in [2.45, 2.75) is 37.8 Å². The molecule has 4 aromatic heterocycles. The second kappa shape index (κ2) is 9.92. The van der Waals surface area contributed by atoms with E-state index >= 15 is 0 Å². The molecule has 0 radical (unpaired) electrons. The summed E-state index contributed by atoms with van der Waals surface area (Å²) in [6, 6.07) is 9.17. The van der Waals surface area contributed by atoms with Gasteiger partial charge in [0, 0.05) is 18.1 Å². The number of fused-ring (bicyclic) bond motifs is 1. The van der Waals surface area contributed by atoms with E-state index in [4.69, 9.17) is 0 Å². The zero-order chi connectivity index (χ0) is 25.2. The molecule has 4 rings (SSSR count). The van der Waals surface area contributed by atoms with E-state index in [-0.39, 0.29) is 18.6 Å². The molecule has 0 fully saturated rings. The largest absolute Gasteiger partial charge is 0.391 e. The van der Waals surface area contributed by atoms with Gasteiger partial charge in [-0.3, -0.25) is 14.2 Å². The van der Waals surface area contributed by atoms with E-state index in [0.717, 1.165) is 12.5 Å². The number of alkyl halides is 3. The molecule has 0 aromatic carbocycles. The normalized spacial score (nSPS) is 13.5. The quantitative estimate of drug-likeness (QED) is 0.350. The van der Waals surface area contributed by atoms with Gasteiger partial charge in [0.15, 0.2) is 0 Å². The lowest BCUT2D eigenvalue weighted by atomic mass is 10.1. The minimum absolute atomic E-state index is 0.0846. The molecule has 0 amide bonds. The van der Waals surface area contributed by atoms with Crippen molar-refractivity contribution >= 4 is 21.8 Å². The van der Waals surface area contributed by atoms with Crippen LogP contribution in [0.15, 0.2) is 53.9 Å². The highest BCUT2D eigenvalue weighted by Gasteiger charge is 2.35. The highest BCUT2D eigenvalue weighted by Crippen LogP contribution is 2.35. The van der Waals surface area contributed by atoms with Crippen molar-refractivity contribution in [3.8, 4) is 23.1 Å². The van der Waals surface area contributed by atoms with Gasteiger partial charge in [0.25, 0.3) is 0 Å². The number of aromatic nitrogens is 5. The second-order valence-corrected chi connectivity index (χ2v) is 9.74. The third-order valence-electron chi connectivity index (χ3n) is 5.65. The Morgan fingerprint density at radius 1 is 1.14 bits per heavy atom. The SMILES string of the molecule is Cc1cnc2c(C#N)c(-c3ccc(S(=O)CCC[C@@H](C)C(F)(F)F)cn3)n(-c3ccnnc3)c2c1. The van der Waals surface area contributed by atoms with Crippen molar-refractivity contribution < 1.29 is 17.4 Å². The number of aryl methyl sites for hydroxylation is 1. The number of rotatable bonds is 7. The van der Waals surface area contributed by atoms with Crippen LogP contribution < -0.4 is 0 Å². The Labute approximate surface area is 202 Å². The molecular weight excluding hydrogens is 477 g/mol. The Balaban J connectivity index is 1.69. The summed E-state index contributed by atoms with van der Waals surface area (Å²) in [5, 5.41) is 17.7. The van der Waals surface area contributed by atoms with Gasteiger partial charge in [0.1, 0.15) is 17.1 Å². The number of nitriles is 1. The highest BCUT2D eigenvalue weighted by atomic mass is 32.2. The summed E-state index contributed by atoms with van der Waals surface area (Å²) < 4.78 is 52.5. The zero-order valence-electron chi connectivity index (χ0n) is 19.0. The topological polar surface area (TPSA) is 97.3 Å². The molecule has 0 saturated carbocycles. The smallest absolute Gasteiger partial charge is 0.303 e. The summed E-state index contributed by atoms with van der Waals surface area (Å²) in [4.78, 5) is 9.33. The van der Waals surface area contributed by atoms with Gasteiger partial charge >= 0.3 is 6.18 Å². The summed E-state index contributed by atoms with van der Waals surface area (Å²) in [6.07, 6.45) is 2.07. The molecular formula is C24H21F3N6OS. The van der Waals surface area contributed by atoms with Gasteiger partial charge in [-0.2, -0.15) is 28.6 Å². The number of nitrogens with zero attached hydrogens (tertiary/aromatic N) is 6. The van der Waals surface area contributed by atoms with Gasteiger partial charge in [-0.25, -0.2) is 0 Å². The summed E-state index contributed by atoms with van der Waals surface area (Å²) >= 11 is 0. The van der Waals surface area contributed by atoms with Crippen molar-refractivity contribution in [2.24, 2.45) is 5.92 Å². The highest BCUT2D eigenvalue weighted by molar-refractivity contribution is 7.85. The molecule has 1 unspecified atom stereocenters. The van der Waals surface area contributed by atoms with E-state index in [1.165, 1.54) is 6.20 Å². The minimum atomic E-state index is -4.25. The Kier molecular flexibility index (Phi) is 6.93. The van der Waals surface area contributed by atoms with Gasteiger partial charge in [0.05, 0.1) is 56.6 Å². The fraction of sp³-hybridized carbons (Fsp3) is 0.292. The zero-order valence-corrected chi connectivity index (χ0v) is 19.8. The van der Waals surface area contributed by atoms with Gasteiger partial charge in [-0.05, 0) is 49.6 Å². The second-order valence-electron chi connectivity index (χ2n) is 8.17. The Bertz CT molecular complexity index is 1410. The maximum absolute atomic E-state index is 12.7. The summed E-state index contributed by atoms with van der Waals surface area (Å²) in [5.41, 5.74) is 4.09. The lowest BCUT2D eigenvalue weighted by Gasteiger charge is -2.14. The number of hydrogen-bond donors (Lipinski definition) is 0. The fourth-order valence-corrected chi connectivity index (χ4v) is 4.81. The fourth-order valence-electron chi connectivity index (χ4n) is 3.75. The van der Waals surface area contributed by atoms with Crippen molar-refractivity contribution in [2.75, 3.05) is 5.75 Å². The molecule has 0 aliphatic carbocycles. The van der Waals surface area contributed by atoms with Gasteiger partial charge in [-0.1, -0.05) is 6.92 Å². The molecule has 0 aliphatic rings. The van der Waals surface area contributed by atoms with Crippen LogP contribution in [0.4, 0.5) is 13.2 Å². The summed E-state index contributed by atoms with van der Waals surface area (Å²) in [7, 11) is -1.49. The average molecular weight is 499 g/mol. The molecule has 11 heteroatoms. The van der Waals surface area contributed by atoms with Crippen LogP contribution in [0.3, 0.4) is 0 Å². The first kappa shape index (κ1) is 24.5. The molecule has 4 heterocycles. The van der Waals surface area contributed by atoms with E-state index < -0.39 is 22.9 Å². The first-order valence-electron chi connectivity index (χ1n) is 10.8. The Hall–Kier alpha value is -3.65. The van der Waals surface area contributed by atoms with Crippen molar-refractivity contribution in [1.82, 2.24) is 24.7 Å². The lowest BCUT2D eigenvalue weighted by Crippen LogP contribution is -2.20. The maximum Gasteiger partial charge on any atom is 0.391 e. The molecule has 180 valence electrons. The van der Waals surface area contributed by atoms with Gasteiger partial charge < -0.3 is 4.57 Å². The van der Waals surface area contributed by atoms with E-state index in [1.807, 2.05) is 17.6 Å². The average Bonchev–Trinajstić information content (AvgIpc) is 3.17. The van der Waals surface area contributed by atoms with Crippen molar-refractivity contribution in [3.63, 3.8) is 0 Å². The van der Waals surface area contributed by atoms with E-state index in [2.05, 4.69) is 26.2 Å². The molecule has 35 heavy (non-hydrogen) atoms. The third kappa shape index (κ3) is 5.07. The van der Waals surface area contributed by atoms with Crippen LogP contribution >= 0.6 is 0 Å². The van der Waals surface area contributed by atoms with Crippen molar-refractivity contribution in [1.29, 1.82) is 5.26 Å². The van der Waals surface area contributed by atoms with Gasteiger partial charge in [-0.15, -0.1) is 0 Å². The Morgan fingerprint density at radius 3 is 2.57 bits per heavy atom.